The molecule has 9 rings (SSSR count). The lowest BCUT2D eigenvalue weighted by atomic mass is 9.91. The number of ketones is 1. The molecule has 16 nitrogen and oxygen atoms in total. The van der Waals surface area contributed by atoms with Gasteiger partial charge in [0, 0.05) is 63.4 Å². The second-order valence-electron chi connectivity index (χ2n) is 18.0. The molecule has 4 aliphatic rings. The molecular formula is C47H56N10O6S. The van der Waals surface area contributed by atoms with Crippen LogP contribution in [0.1, 0.15) is 69.5 Å². The number of nitrogens with zero attached hydrogens (tertiary/aromatic N) is 8. The molecule has 3 aromatic heterocycles. The molecule has 7 heterocycles. The van der Waals surface area contributed by atoms with Crippen LogP contribution in [0.4, 0.5) is 11.5 Å². The first-order chi connectivity index (χ1) is 30.9. The zero-order valence-corrected chi connectivity index (χ0v) is 37.8. The Balaban J connectivity index is 0.773. The molecule has 2 amide bonds. The van der Waals surface area contributed by atoms with Crippen LogP contribution in [0.2, 0.25) is 0 Å². The number of benzene rings is 2. The van der Waals surface area contributed by atoms with Gasteiger partial charge in [-0.2, -0.15) is 0 Å². The zero-order valence-electron chi connectivity index (χ0n) is 36.9. The highest BCUT2D eigenvalue weighted by atomic mass is 32.1. The number of Topliss-reactive ketones (excluding diaryl/α,β-unsaturated/α-hetero) is 1. The number of nitrogens with one attached hydrogen (secondary N) is 2. The van der Waals surface area contributed by atoms with Crippen molar-refractivity contribution in [3.8, 4) is 33.3 Å². The van der Waals surface area contributed by atoms with Gasteiger partial charge in [0.2, 0.25) is 11.8 Å². The quantitative estimate of drug-likeness (QED) is 0.135. The number of phenols is 1. The smallest absolute Gasteiger partial charge is 0.254 e. The summed E-state index contributed by atoms with van der Waals surface area (Å²) in [6, 6.07) is 18.4. The van der Waals surface area contributed by atoms with Crippen LogP contribution in [0.5, 0.6) is 11.6 Å². The zero-order chi connectivity index (χ0) is 44.6. The van der Waals surface area contributed by atoms with Crippen molar-refractivity contribution in [2.75, 3.05) is 62.6 Å². The van der Waals surface area contributed by atoms with E-state index in [2.05, 4.69) is 45.7 Å². The van der Waals surface area contributed by atoms with Gasteiger partial charge in [-0.05, 0) is 74.1 Å². The molecule has 4 aliphatic heterocycles. The molecular weight excluding hydrogens is 833 g/mol. The van der Waals surface area contributed by atoms with Crippen LogP contribution in [0.3, 0.4) is 0 Å². The highest BCUT2D eigenvalue weighted by Gasteiger charge is 2.44. The van der Waals surface area contributed by atoms with Gasteiger partial charge in [-0.1, -0.05) is 50.2 Å². The lowest BCUT2D eigenvalue weighted by molar-refractivity contribution is -0.141. The van der Waals surface area contributed by atoms with Crippen LogP contribution in [0.15, 0.2) is 70.7 Å². The standard InChI is InChI=1S/C47H56N10O6S/c1-27(2)43(47(61)57-25-35(58)18-39(57)46(60)50-29(4)31-10-12-32(13-11-31)44-30(5)49-26-64-44)41-20-42(53-63-41)62-28(3)22-54-15-14-33(23-54)55-16-17-56-34(24-55)21-48-45-38(56)19-37(51-52-45)36-8-6-7-9-40(36)59/h6-13,19-20,26-29,33-34,39,43,59H,14-18,21-25H2,1-5H3,(H,48,52)(H,50,60)/t28-,29-,33+,34-,39-,43+/m0/s1. The number of hydrogen-bond acceptors (Lipinski definition) is 15. The van der Waals surface area contributed by atoms with Gasteiger partial charge in [0.05, 0.1) is 46.1 Å². The van der Waals surface area contributed by atoms with Crippen molar-refractivity contribution < 1.29 is 28.8 Å². The molecule has 2 aromatic carbocycles. The number of carbonyl (C=O) groups excluding carboxylic acids is 3. The first kappa shape index (κ1) is 43.3. The molecule has 17 heteroatoms. The van der Waals surface area contributed by atoms with Crippen LogP contribution >= 0.6 is 11.3 Å². The van der Waals surface area contributed by atoms with Crippen molar-refractivity contribution in [1.82, 2.24) is 40.4 Å². The Labute approximate surface area is 377 Å². The van der Waals surface area contributed by atoms with Gasteiger partial charge < -0.3 is 34.8 Å². The number of para-hydroxylation sites is 1. The van der Waals surface area contributed by atoms with E-state index in [-0.39, 0.29) is 60.4 Å². The van der Waals surface area contributed by atoms with Gasteiger partial charge in [0.1, 0.15) is 23.8 Å². The number of fused-ring (bicyclic) bond motifs is 3. The van der Waals surface area contributed by atoms with Crippen molar-refractivity contribution in [1.29, 1.82) is 0 Å². The van der Waals surface area contributed by atoms with Crippen molar-refractivity contribution in [2.45, 2.75) is 83.6 Å². The maximum absolute atomic E-state index is 14.2. The fourth-order valence-electron chi connectivity index (χ4n) is 9.79. The number of aromatic hydroxyl groups is 1. The van der Waals surface area contributed by atoms with Crippen molar-refractivity contribution in [3.05, 3.63) is 83.2 Å². The average molecular weight is 889 g/mol. The van der Waals surface area contributed by atoms with E-state index in [0.29, 0.717) is 35.5 Å². The van der Waals surface area contributed by atoms with Crippen molar-refractivity contribution >= 4 is 40.4 Å². The van der Waals surface area contributed by atoms with E-state index in [9.17, 15) is 19.5 Å². The van der Waals surface area contributed by atoms with Crippen molar-refractivity contribution in [2.24, 2.45) is 5.92 Å². The molecule has 6 atom stereocenters. The molecule has 0 aliphatic carbocycles. The lowest BCUT2D eigenvalue weighted by Gasteiger charge is -2.47. The van der Waals surface area contributed by atoms with Gasteiger partial charge in [-0.15, -0.1) is 21.5 Å². The van der Waals surface area contributed by atoms with Crippen molar-refractivity contribution in [3.63, 3.8) is 0 Å². The number of anilines is 2. The number of thiazole rings is 1. The third-order valence-electron chi connectivity index (χ3n) is 13.1. The molecule has 0 spiro atoms. The molecule has 0 radical (unpaired) electrons. The van der Waals surface area contributed by atoms with E-state index in [1.54, 1.807) is 29.5 Å². The van der Waals surface area contributed by atoms with Gasteiger partial charge in [0.25, 0.3) is 5.88 Å². The minimum absolute atomic E-state index is 0.0425. The molecule has 64 heavy (non-hydrogen) atoms. The summed E-state index contributed by atoms with van der Waals surface area (Å²) in [5.74, 6) is -0.254. The molecule has 5 aromatic rings. The Hall–Kier alpha value is -5.91. The van der Waals surface area contributed by atoms with Crippen LogP contribution in [0, 0.1) is 12.8 Å². The molecule has 0 bridgehead atoms. The SMILES string of the molecule is Cc1ncsc1-c1ccc([C@H](C)NC(=O)[C@@H]2CC(=O)CN2C(=O)[C@@H](c2cc(O[C@@H](C)CN3CC[C@@H](N4CCN5c6cc(-c7ccccc7O)nnc6NC[C@H]5C4)C3)no2)C(C)C)cc1. The average Bonchev–Trinajstić information content (AvgIpc) is 4.12. The van der Waals surface area contributed by atoms with Gasteiger partial charge in [-0.3, -0.25) is 24.2 Å². The summed E-state index contributed by atoms with van der Waals surface area (Å²) in [5, 5.41) is 30.0. The Morgan fingerprint density at radius 2 is 1.83 bits per heavy atom. The highest BCUT2D eigenvalue weighted by Crippen LogP contribution is 2.37. The summed E-state index contributed by atoms with van der Waals surface area (Å²) < 4.78 is 12.0. The minimum Gasteiger partial charge on any atom is -0.507 e. The minimum atomic E-state index is -0.926. The normalized spacial score (nSPS) is 21.6. The third kappa shape index (κ3) is 8.93. The van der Waals surface area contributed by atoms with E-state index in [4.69, 9.17) is 9.26 Å². The Morgan fingerprint density at radius 1 is 1.02 bits per heavy atom. The number of carbonyl (C=O) groups is 3. The Morgan fingerprint density at radius 3 is 2.59 bits per heavy atom. The number of likely N-dealkylation sites (tertiary alicyclic amines) is 2. The van der Waals surface area contributed by atoms with Gasteiger partial charge >= 0.3 is 0 Å². The summed E-state index contributed by atoms with van der Waals surface area (Å²) in [6.45, 7) is 15.7. The number of rotatable bonds is 13. The van der Waals surface area contributed by atoms with Crippen LogP contribution < -0.4 is 20.3 Å². The maximum atomic E-state index is 14.2. The van der Waals surface area contributed by atoms with E-state index >= 15 is 0 Å². The lowest BCUT2D eigenvalue weighted by Crippen LogP contribution is -2.60. The largest absolute Gasteiger partial charge is 0.507 e. The maximum Gasteiger partial charge on any atom is 0.254 e. The first-order valence-electron chi connectivity index (χ1n) is 22.3. The summed E-state index contributed by atoms with van der Waals surface area (Å²) in [5.41, 5.74) is 7.12. The van der Waals surface area contributed by atoms with Gasteiger partial charge in [-0.25, -0.2) is 4.98 Å². The second kappa shape index (κ2) is 18.3. The van der Waals surface area contributed by atoms with Crippen LogP contribution in [-0.2, 0) is 14.4 Å². The fourth-order valence-corrected chi connectivity index (χ4v) is 10.6. The number of aromatic nitrogens is 4. The molecule has 3 saturated heterocycles. The summed E-state index contributed by atoms with van der Waals surface area (Å²) in [6.07, 6.45) is 0.829. The Bertz CT molecular complexity index is 2490. The second-order valence-corrected chi connectivity index (χ2v) is 18.8. The summed E-state index contributed by atoms with van der Waals surface area (Å²) in [4.78, 5) is 55.1. The summed E-state index contributed by atoms with van der Waals surface area (Å²) in [7, 11) is 0. The number of amides is 2. The van der Waals surface area contributed by atoms with E-state index in [1.165, 1.54) is 4.90 Å². The number of ether oxygens (including phenoxy) is 1. The predicted octanol–water partition coefficient (Wildman–Crippen LogP) is 5.51. The van der Waals surface area contributed by atoms with Crippen LogP contribution in [0.25, 0.3) is 21.7 Å². The molecule has 3 N–H and O–H groups in total. The molecule has 336 valence electrons. The monoisotopic (exact) mass is 888 g/mol. The predicted molar refractivity (Wildman–Crippen MR) is 243 cm³/mol. The van der Waals surface area contributed by atoms with E-state index < -0.39 is 12.0 Å². The number of aryl methyl sites for hydroxylation is 1. The number of phenolic OH excluding ortho intramolecular Hbond substituents is 1. The van der Waals surface area contributed by atoms with Crippen LogP contribution in [-0.4, -0.2) is 134 Å². The summed E-state index contributed by atoms with van der Waals surface area (Å²) >= 11 is 1.58. The topological polar surface area (TPSA) is 182 Å². The molecule has 0 saturated carbocycles. The molecule has 0 unspecified atom stereocenters. The van der Waals surface area contributed by atoms with E-state index in [0.717, 1.165) is 78.9 Å². The van der Waals surface area contributed by atoms with Gasteiger partial charge in [0.15, 0.2) is 17.4 Å². The highest BCUT2D eigenvalue weighted by molar-refractivity contribution is 7.13. The Kier molecular flexibility index (Phi) is 12.4. The third-order valence-corrected chi connectivity index (χ3v) is 14.1. The van der Waals surface area contributed by atoms with E-state index in [1.807, 2.05) is 82.6 Å². The first-order valence-corrected chi connectivity index (χ1v) is 23.2. The number of hydrogen-bond donors (Lipinski definition) is 3. The fraction of sp³-hybridized carbons (Fsp3) is 0.468. The number of piperazine rings is 1. The molecule has 3 fully saturated rings.